The first-order chi connectivity index (χ1) is 12.2. The summed E-state index contributed by atoms with van der Waals surface area (Å²) < 4.78 is 24.8. The summed E-state index contributed by atoms with van der Waals surface area (Å²) in [7, 11) is -3.09. The predicted octanol–water partition coefficient (Wildman–Crippen LogP) is 0.802. The van der Waals surface area contributed by atoms with Crippen LogP contribution in [0.25, 0.3) is 5.52 Å². The molecule has 1 aliphatic rings. The fourth-order valence-corrected chi connectivity index (χ4v) is 3.93. The number of nitriles is 1. The van der Waals surface area contributed by atoms with Crippen molar-refractivity contribution in [1.29, 1.82) is 5.26 Å². The van der Waals surface area contributed by atoms with Gasteiger partial charge in [-0.2, -0.15) is 9.57 Å². The first-order valence-electron chi connectivity index (χ1n) is 8.03. The number of anilines is 1. The van der Waals surface area contributed by atoms with Crippen molar-refractivity contribution in [3.05, 3.63) is 22.5 Å². The van der Waals surface area contributed by atoms with Gasteiger partial charge in [-0.25, -0.2) is 17.9 Å². The number of β-amino-alcohol motifs (C(OH)–C–C–N with tert-alkyl or cyclic N) is 1. The van der Waals surface area contributed by atoms with Crippen LogP contribution in [0, 0.1) is 11.3 Å². The minimum absolute atomic E-state index is 0.161. The molecule has 3 N–H and O–H groups in total. The highest BCUT2D eigenvalue weighted by Crippen LogP contribution is 2.27. The Balaban J connectivity index is 0.000000197. The molecule has 2 aromatic heterocycles. The van der Waals surface area contributed by atoms with Gasteiger partial charge in [0.1, 0.15) is 11.6 Å². The predicted molar refractivity (Wildman–Crippen MR) is 98.2 cm³/mol. The van der Waals surface area contributed by atoms with Gasteiger partial charge < -0.3 is 10.8 Å². The van der Waals surface area contributed by atoms with E-state index in [4.69, 9.17) is 27.7 Å². The molecule has 0 saturated carbocycles. The smallest absolute Gasteiger partial charge is 0.238 e. The molecule has 26 heavy (non-hydrogen) atoms. The molecule has 9 nitrogen and oxygen atoms in total. The van der Waals surface area contributed by atoms with E-state index in [9.17, 15) is 8.42 Å². The minimum atomic E-state index is -3.09. The van der Waals surface area contributed by atoms with Crippen molar-refractivity contribution in [1.82, 2.24) is 18.9 Å². The molecule has 2 aromatic rings. The van der Waals surface area contributed by atoms with Crippen LogP contribution in [0.15, 0.2) is 6.20 Å². The number of fused-ring (bicyclic) bond motifs is 1. The Bertz CT molecular complexity index is 937. The van der Waals surface area contributed by atoms with E-state index < -0.39 is 16.1 Å². The molecule has 1 unspecified atom stereocenters. The Morgan fingerprint density at radius 1 is 1.54 bits per heavy atom. The van der Waals surface area contributed by atoms with Crippen LogP contribution in [0.1, 0.15) is 31.0 Å². The molecule has 3 heterocycles. The average Bonchev–Trinajstić information content (AvgIpc) is 2.85. The van der Waals surface area contributed by atoms with Crippen LogP contribution in [0.3, 0.4) is 0 Å². The summed E-state index contributed by atoms with van der Waals surface area (Å²) in [6.45, 7) is 2.74. The lowest BCUT2D eigenvalue weighted by molar-refractivity contribution is 0.108. The van der Waals surface area contributed by atoms with E-state index in [0.29, 0.717) is 35.5 Å². The number of nitrogens with two attached hydrogens (primary N) is 1. The molecule has 0 bridgehead atoms. The molecule has 1 saturated heterocycles. The van der Waals surface area contributed by atoms with Crippen molar-refractivity contribution < 1.29 is 13.5 Å². The largest absolute Gasteiger partial charge is 0.392 e. The molecular formula is C15H21ClN6O3S. The van der Waals surface area contributed by atoms with Gasteiger partial charge >= 0.3 is 0 Å². The van der Waals surface area contributed by atoms with E-state index in [-0.39, 0.29) is 12.5 Å². The third kappa shape index (κ3) is 4.42. The SMILES string of the molecule is CCc1c(C#N)c(Cl)c2cnc(N)nn12.CS(=O)(=O)N1CCCC(O)C1. The van der Waals surface area contributed by atoms with E-state index in [0.717, 1.165) is 12.1 Å². The van der Waals surface area contributed by atoms with Crippen LogP contribution in [0.2, 0.25) is 5.02 Å². The zero-order chi connectivity index (χ0) is 19.5. The second kappa shape index (κ2) is 8.18. The molecule has 0 aromatic carbocycles. The van der Waals surface area contributed by atoms with Crippen LogP contribution < -0.4 is 5.73 Å². The molecule has 11 heteroatoms. The number of hydrogen-bond donors (Lipinski definition) is 2. The zero-order valence-corrected chi connectivity index (χ0v) is 16.1. The first-order valence-corrected chi connectivity index (χ1v) is 10.3. The van der Waals surface area contributed by atoms with E-state index in [1.165, 1.54) is 16.8 Å². The van der Waals surface area contributed by atoms with Gasteiger partial charge in [0.25, 0.3) is 0 Å². The standard InChI is InChI=1S/C9H8ClN5.C6H13NO3S/c1-2-6-5(3-11)8(10)7-4-13-9(12)14-15(6)7;1-11(9,10)7-4-2-3-6(8)5-7/h4H,2H2,1H3,(H2,12,14);6,8H,2-5H2,1H3. The Labute approximate surface area is 157 Å². The minimum Gasteiger partial charge on any atom is -0.392 e. The van der Waals surface area contributed by atoms with E-state index in [1.807, 2.05) is 6.92 Å². The molecule has 1 fully saturated rings. The maximum Gasteiger partial charge on any atom is 0.238 e. The molecule has 0 amide bonds. The Kier molecular flexibility index (Phi) is 6.41. The molecule has 1 aliphatic heterocycles. The molecule has 0 aliphatic carbocycles. The van der Waals surface area contributed by atoms with E-state index in [2.05, 4.69) is 16.2 Å². The zero-order valence-electron chi connectivity index (χ0n) is 14.6. The number of nitrogens with zero attached hydrogens (tertiary/aromatic N) is 5. The van der Waals surface area contributed by atoms with E-state index in [1.54, 1.807) is 4.52 Å². The third-order valence-electron chi connectivity index (χ3n) is 4.01. The van der Waals surface area contributed by atoms with Gasteiger partial charge in [-0.1, -0.05) is 18.5 Å². The quantitative estimate of drug-likeness (QED) is 0.760. The summed E-state index contributed by atoms with van der Waals surface area (Å²) in [6, 6.07) is 2.06. The first kappa shape index (κ1) is 20.4. The molecule has 3 rings (SSSR count). The van der Waals surface area contributed by atoms with Crippen LogP contribution in [0.5, 0.6) is 0 Å². The number of aryl methyl sites for hydroxylation is 1. The second-order valence-electron chi connectivity index (χ2n) is 5.93. The van der Waals surface area contributed by atoms with Crippen molar-refractivity contribution >= 4 is 33.1 Å². The Morgan fingerprint density at radius 3 is 2.73 bits per heavy atom. The summed E-state index contributed by atoms with van der Waals surface area (Å²) in [5, 5.41) is 22.5. The van der Waals surface area contributed by atoms with Crippen molar-refractivity contribution in [3.8, 4) is 6.07 Å². The van der Waals surface area contributed by atoms with Gasteiger partial charge in [-0.05, 0) is 19.3 Å². The van der Waals surface area contributed by atoms with Gasteiger partial charge in [0, 0.05) is 13.1 Å². The summed E-state index contributed by atoms with van der Waals surface area (Å²) >= 11 is 6.03. The fraction of sp³-hybridized carbons (Fsp3) is 0.533. The van der Waals surface area contributed by atoms with Gasteiger partial charge in [0.2, 0.25) is 16.0 Å². The molecular weight excluding hydrogens is 380 g/mol. The second-order valence-corrected chi connectivity index (χ2v) is 8.29. The van der Waals surface area contributed by atoms with Crippen LogP contribution >= 0.6 is 11.6 Å². The Morgan fingerprint density at radius 2 is 2.23 bits per heavy atom. The molecule has 0 radical (unpaired) electrons. The number of rotatable bonds is 2. The van der Waals surface area contributed by atoms with Crippen molar-refractivity contribution in [3.63, 3.8) is 0 Å². The number of aliphatic hydroxyl groups excluding tert-OH is 1. The van der Waals surface area contributed by atoms with Crippen molar-refractivity contribution in [2.45, 2.75) is 32.3 Å². The van der Waals surface area contributed by atoms with Crippen LogP contribution in [0.4, 0.5) is 5.95 Å². The summed E-state index contributed by atoms with van der Waals surface area (Å²) in [6.07, 6.45) is 4.35. The van der Waals surface area contributed by atoms with Crippen LogP contribution in [-0.4, -0.2) is 57.9 Å². The third-order valence-corrected chi connectivity index (χ3v) is 5.67. The number of hydrogen-bond acceptors (Lipinski definition) is 7. The molecule has 0 spiro atoms. The summed E-state index contributed by atoms with van der Waals surface area (Å²) in [4.78, 5) is 3.84. The number of sulfonamides is 1. The molecule has 1 atom stereocenters. The van der Waals surface area contributed by atoms with E-state index >= 15 is 0 Å². The highest BCUT2D eigenvalue weighted by molar-refractivity contribution is 7.88. The van der Waals surface area contributed by atoms with Gasteiger partial charge in [-0.15, -0.1) is 5.10 Å². The highest BCUT2D eigenvalue weighted by Gasteiger charge is 2.24. The van der Waals surface area contributed by atoms with Crippen molar-refractivity contribution in [2.24, 2.45) is 0 Å². The monoisotopic (exact) mass is 400 g/mol. The maximum atomic E-state index is 10.9. The lowest BCUT2D eigenvalue weighted by atomic mass is 10.1. The van der Waals surface area contributed by atoms with Gasteiger partial charge in [-0.3, -0.25) is 0 Å². The number of aromatic nitrogens is 3. The number of nitrogen functional groups attached to an aromatic ring is 1. The number of piperidine rings is 1. The van der Waals surface area contributed by atoms with Gasteiger partial charge in [0.15, 0.2) is 0 Å². The number of halogens is 1. The molecule has 142 valence electrons. The van der Waals surface area contributed by atoms with Crippen LogP contribution in [-0.2, 0) is 16.4 Å². The van der Waals surface area contributed by atoms with Gasteiger partial charge in [0.05, 0.1) is 34.8 Å². The summed E-state index contributed by atoms with van der Waals surface area (Å²) in [5.74, 6) is 0.161. The summed E-state index contributed by atoms with van der Waals surface area (Å²) in [5.41, 5.74) is 7.29. The topological polar surface area (TPSA) is 138 Å². The normalized spacial score (nSPS) is 18.2. The highest BCUT2D eigenvalue weighted by atomic mass is 35.5. The Hall–Kier alpha value is -1.93. The fourth-order valence-electron chi connectivity index (χ4n) is 2.74. The number of aliphatic hydroxyl groups is 1. The maximum absolute atomic E-state index is 10.9. The lowest BCUT2D eigenvalue weighted by Gasteiger charge is -2.27. The average molecular weight is 401 g/mol. The van der Waals surface area contributed by atoms with Crippen molar-refractivity contribution in [2.75, 3.05) is 25.1 Å². The lowest BCUT2D eigenvalue weighted by Crippen LogP contribution is -2.41.